The number of allylic oxidation sites excluding steroid dienone is 3. The van der Waals surface area contributed by atoms with Gasteiger partial charge < -0.3 is 5.11 Å². The first-order valence-electron chi connectivity index (χ1n) is 5.35. The molecule has 16 heavy (non-hydrogen) atoms. The molecule has 0 aliphatic heterocycles. The maximum absolute atomic E-state index is 9.07. The fraction of sp³-hybridized carbons (Fsp3) is 0.200. The van der Waals surface area contributed by atoms with Crippen LogP contribution in [-0.4, -0.2) is 11.7 Å². The van der Waals surface area contributed by atoms with Crippen molar-refractivity contribution >= 4 is 5.57 Å². The molecule has 1 aromatic rings. The van der Waals surface area contributed by atoms with Crippen LogP contribution < -0.4 is 0 Å². The van der Waals surface area contributed by atoms with Gasteiger partial charge in [-0.25, -0.2) is 0 Å². The quantitative estimate of drug-likeness (QED) is 0.759. The third kappa shape index (κ3) is 3.21. The Morgan fingerprint density at radius 2 is 1.88 bits per heavy atom. The van der Waals surface area contributed by atoms with E-state index in [1.807, 2.05) is 31.2 Å². The van der Waals surface area contributed by atoms with E-state index < -0.39 is 0 Å². The summed E-state index contributed by atoms with van der Waals surface area (Å²) in [6, 6.07) is 10.2. The molecule has 0 saturated carbocycles. The monoisotopic (exact) mass is 214 g/mol. The number of hydrogen-bond acceptors (Lipinski definition) is 1. The minimum Gasteiger partial charge on any atom is -0.392 e. The molecule has 1 N–H and O–H groups in total. The first-order chi connectivity index (χ1) is 7.69. The SMILES string of the molecule is C=C/C(=C\C(C)=C(/C)c1ccccc1)CO. The molecule has 1 nitrogen and oxygen atoms in total. The highest BCUT2D eigenvalue weighted by atomic mass is 16.3. The molecule has 1 heteroatoms. The van der Waals surface area contributed by atoms with Crippen LogP contribution in [0.2, 0.25) is 0 Å². The summed E-state index contributed by atoms with van der Waals surface area (Å²) in [6.45, 7) is 7.82. The molecule has 0 heterocycles. The van der Waals surface area contributed by atoms with Crippen molar-refractivity contribution in [3.8, 4) is 0 Å². The van der Waals surface area contributed by atoms with Gasteiger partial charge in [0.25, 0.3) is 0 Å². The van der Waals surface area contributed by atoms with Gasteiger partial charge in [-0.05, 0) is 36.1 Å². The molecule has 1 rings (SSSR count). The Hall–Kier alpha value is -1.60. The van der Waals surface area contributed by atoms with E-state index in [1.165, 1.54) is 11.1 Å². The lowest BCUT2D eigenvalue weighted by molar-refractivity contribution is 0.335. The van der Waals surface area contributed by atoms with Gasteiger partial charge in [0.05, 0.1) is 6.61 Å². The summed E-state index contributed by atoms with van der Waals surface area (Å²) in [6.07, 6.45) is 3.65. The van der Waals surface area contributed by atoms with E-state index in [0.717, 1.165) is 11.1 Å². The highest BCUT2D eigenvalue weighted by Gasteiger charge is 1.98. The molecule has 1 aromatic carbocycles. The van der Waals surface area contributed by atoms with E-state index in [1.54, 1.807) is 6.08 Å². The average molecular weight is 214 g/mol. The zero-order valence-electron chi connectivity index (χ0n) is 9.90. The summed E-state index contributed by atoms with van der Waals surface area (Å²) in [7, 11) is 0. The maximum Gasteiger partial charge on any atom is 0.0681 e. The normalized spacial score (nSPS) is 13.3. The third-order valence-electron chi connectivity index (χ3n) is 2.64. The number of aliphatic hydroxyl groups excluding tert-OH is 1. The zero-order valence-corrected chi connectivity index (χ0v) is 9.90. The molecule has 0 aromatic heterocycles. The smallest absolute Gasteiger partial charge is 0.0681 e. The van der Waals surface area contributed by atoms with Crippen LogP contribution in [0.5, 0.6) is 0 Å². The second-order valence-corrected chi connectivity index (χ2v) is 3.76. The second-order valence-electron chi connectivity index (χ2n) is 3.76. The molecule has 0 unspecified atom stereocenters. The molecule has 84 valence electrons. The Kier molecular flexibility index (Phi) is 4.74. The van der Waals surface area contributed by atoms with Crippen molar-refractivity contribution < 1.29 is 5.11 Å². The van der Waals surface area contributed by atoms with E-state index in [0.29, 0.717) is 0 Å². The van der Waals surface area contributed by atoms with Gasteiger partial charge in [0, 0.05) is 0 Å². The van der Waals surface area contributed by atoms with Crippen LogP contribution in [0, 0.1) is 0 Å². The molecule has 0 amide bonds. The van der Waals surface area contributed by atoms with Gasteiger partial charge in [0.15, 0.2) is 0 Å². The Morgan fingerprint density at radius 3 is 2.38 bits per heavy atom. The summed E-state index contributed by atoms with van der Waals surface area (Å²) < 4.78 is 0. The molecule has 0 aliphatic rings. The van der Waals surface area contributed by atoms with Crippen molar-refractivity contribution in [1.82, 2.24) is 0 Å². The predicted octanol–water partition coefficient (Wildman–Crippen LogP) is 3.58. The Labute approximate surface area is 97.4 Å². The zero-order chi connectivity index (χ0) is 12.0. The number of benzene rings is 1. The molecule has 0 aliphatic carbocycles. The van der Waals surface area contributed by atoms with Gasteiger partial charge in [0.2, 0.25) is 0 Å². The van der Waals surface area contributed by atoms with Gasteiger partial charge in [0.1, 0.15) is 0 Å². The van der Waals surface area contributed by atoms with E-state index in [2.05, 4.69) is 25.6 Å². The van der Waals surface area contributed by atoms with E-state index in [-0.39, 0.29) is 6.61 Å². The standard InChI is InChI=1S/C15H18O/c1-4-14(11-16)10-12(2)13(3)15-8-6-5-7-9-15/h4-10,16H,1,11H2,2-3H3/b13-12+,14-10+. The third-order valence-corrected chi connectivity index (χ3v) is 2.64. The van der Waals surface area contributed by atoms with Crippen molar-refractivity contribution in [3.05, 3.63) is 65.8 Å². The Balaban J connectivity index is 3.06. The van der Waals surface area contributed by atoms with Crippen LogP contribution in [0.3, 0.4) is 0 Å². The molecule has 0 fully saturated rings. The van der Waals surface area contributed by atoms with Crippen LogP contribution in [0.15, 0.2) is 60.2 Å². The lowest BCUT2D eigenvalue weighted by Crippen LogP contribution is -1.88. The van der Waals surface area contributed by atoms with Crippen molar-refractivity contribution in [2.45, 2.75) is 13.8 Å². The number of hydrogen-bond donors (Lipinski definition) is 1. The van der Waals surface area contributed by atoms with E-state index in [4.69, 9.17) is 5.11 Å². The van der Waals surface area contributed by atoms with E-state index >= 15 is 0 Å². The van der Waals surface area contributed by atoms with Crippen molar-refractivity contribution in [2.24, 2.45) is 0 Å². The average Bonchev–Trinajstić information content (AvgIpc) is 2.35. The van der Waals surface area contributed by atoms with Crippen LogP contribution in [-0.2, 0) is 0 Å². The summed E-state index contributed by atoms with van der Waals surface area (Å²) >= 11 is 0. The van der Waals surface area contributed by atoms with Gasteiger partial charge in [-0.3, -0.25) is 0 Å². The molecule has 0 radical (unpaired) electrons. The van der Waals surface area contributed by atoms with Gasteiger partial charge in [-0.2, -0.15) is 0 Å². The van der Waals surface area contributed by atoms with Gasteiger partial charge >= 0.3 is 0 Å². The Bertz CT molecular complexity index is 410. The number of aliphatic hydroxyl groups is 1. The summed E-state index contributed by atoms with van der Waals surface area (Å²) in [5.41, 5.74) is 4.41. The minimum absolute atomic E-state index is 0.0307. The largest absolute Gasteiger partial charge is 0.392 e. The lowest BCUT2D eigenvalue weighted by Gasteiger charge is -2.05. The summed E-state index contributed by atoms with van der Waals surface area (Å²) in [5, 5.41) is 9.07. The molecule has 0 spiro atoms. The molecule has 0 atom stereocenters. The topological polar surface area (TPSA) is 20.2 Å². The van der Waals surface area contributed by atoms with Crippen LogP contribution in [0.4, 0.5) is 0 Å². The maximum atomic E-state index is 9.07. The van der Waals surface area contributed by atoms with Crippen LogP contribution in [0.25, 0.3) is 5.57 Å². The highest BCUT2D eigenvalue weighted by Crippen LogP contribution is 2.19. The Morgan fingerprint density at radius 1 is 1.25 bits per heavy atom. The van der Waals surface area contributed by atoms with Crippen LogP contribution >= 0.6 is 0 Å². The van der Waals surface area contributed by atoms with Crippen molar-refractivity contribution in [2.75, 3.05) is 6.61 Å². The van der Waals surface area contributed by atoms with E-state index in [9.17, 15) is 0 Å². The van der Waals surface area contributed by atoms with Crippen LogP contribution in [0.1, 0.15) is 19.4 Å². The molecular formula is C15H18O. The van der Waals surface area contributed by atoms with Crippen molar-refractivity contribution in [3.63, 3.8) is 0 Å². The fourth-order valence-electron chi connectivity index (χ4n) is 1.47. The van der Waals surface area contributed by atoms with Gasteiger partial charge in [-0.1, -0.05) is 49.1 Å². The molecular weight excluding hydrogens is 196 g/mol. The fourth-order valence-corrected chi connectivity index (χ4v) is 1.47. The summed E-state index contributed by atoms with van der Waals surface area (Å²) in [4.78, 5) is 0. The predicted molar refractivity (Wildman–Crippen MR) is 70.1 cm³/mol. The second kappa shape index (κ2) is 6.09. The minimum atomic E-state index is 0.0307. The number of rotatable bonds is 4. The summed E-state index contributed by atoms with van der Waals surface area (Å²) in [5.74, 6) is 0. The lowest BCUT2D eigenvalue weighted by atomic mass is 10.0. The van der Waals surface area contributed by atoms with Crippen molar-refractivity contribution in [1.29, 1.82) is 0 Å². The molecule has 0 saturated heterocycles. The molecule has 0 bridgehead atoms. The highest BCUT2D eigenvalue weighted by molar-refractivity contribution is 5.69. The van der Waals surface area contributed by atoms with Gasteiger partial charge in [-0.15, -0.1) is 0 Å². The first-order valence-corrected chi connectivity index (χ1v) is 5.35. The first kappa shape index (κ1) is 12.5.